The van der Waals surface area contributed by atoms with Crippen LogP contribution in [0.5, 0.6) is 0 Å². The van der Waals surface area contributed by atoms with Crippen molar-refractivity contribution in [1.29, 1.82) is 0 Å². The molecule has 9 heteroatoms. The Hall–Kier alpha value is -2.58. The Labute approximate surface area is 179 Å². The number of amides is 1. The van der Waals surface area contributed by atoms with Gasteiger partial charge in [-0.1, -0.05) is 47.6 Å². The van der Waals surface area contributed by atoms with Crippen molar-refractivity contribution in [2.45, 2.75) is 24.2 Å². The van der Waals surface area contributed by atoms with E-state index in [0.717, 1.165) is 17.3 Å². The van der Waals surface area contributed by atoms with Crippen molar-refractivity contribution in [1.82, 2.24) is 9.97 Å². The third kappa shape index (κ3) is 4.44. The van der Waals surface area contributed by atoms with Gasteiger partial charge in [0.05, 0.1) is 11.4 Å². The maximum Gasteiger partial charge on any atom is 0.433 e. The van der Waals surface area contributed by atoms with Gasteiger partial charge in [-0.15, -0.1) is 0 Å². The lowest BCUT2D eigenvalue weighted by Gasteiger charge is -2.22. The maximum absolute atomic E-state index is 13.7. The number of fused-ring (bicyclic) bond motifs is 3. The average Bonchev–Trinajstić information content (AvgIpc) is 2.72. The van der Waals surface area contributed by atoms with Crippen molar-refractivity contribution in [2.75, 3.05) is 11.1 Å². The number of halogens is 4. The van der Waals surface area contributed by atoms with E-state index in [1.165, 1.54) is 0 Å². The summed E-state index contributed by atoms with van der Waals surface area (Å²) in [6.07, 6.45) is -3.87. The number of anilines is 1. The van der Waals surface area contributed by atoms with E-state index < -0.39 is 11.9 Å². The van der Waals surface area contributed by atoms with Crippen molar-refractivity contribution in [3.8, 4) is 11.3 Å². The highest BCUT2D eigenvalue weighted by atomic mass is 35.5. The molecule has 0 atom stereocenters. The predicted molar refractivity (Wildman–Crippen MR) is 111 cm³/mol. The number of nitrogens with zero attached hydrogens (tertiary/aromatic N) is 2. The van der Waals surface area contributed by atoms with Gasteiger partial charge in [0.25, 0.3) is 0 Å². The predicted octanol–water partition coefficient (Wildman–Crippen LogP) is 5.65. The first kappa shape index (κ1) is 20.7. The Kier molecular flexibility index (Phi) is 5.71. The first-order valence-electron chi connectivity index (χ1n) is 9.06. The number of carbonyl (C=O) groups is 1. The van der Waals surface area contributed by atoms with Gasteiger partial charge in [-0.05, 0) is 42.7 Å². The minimum Gasteiger partial charge on any atom is -0.325 e. The number of alkyl halides is 3. The molecule has 0 saturated heterocycles. The molecule has 0 radical (unpaired) electrons. The molecule has 1 aliphatic carbocycles. The zero-order valence-corrected chi connectivity index (χ0v) is 17.0. The summed E-state index contributed by atoms with van der Waals surface area (Å²) in [7, 11) is 0. The number of hydrogen-bond donors (Lipinski definition) is 1. The van der Waals surface area contributed by atoms with Crippen LogP contribution in [0, 0.1) is 0 Å². The maximum atomic E-state index is 13.7. The van der Waals surface area contributed by atoms with E-state index in [0.29, 0.717) is 28.4 Å². The Morgan fingerprint density at radius 1 is 1.07 bits per heavy atom. The minimum absolute atomic E-state index is 0.0796. The summed E-state index contributed by atoms with van der Waals surface area (Å²) < 4.78 is 41.0. The number of benzene rings is 2. The number of thioether (sulfide) groups is 1. The molecule has 1 aromatic heterocycles. The van der Waals surface area contributed by atoms with E-state index in [1.54, 1.807) is 36.4 Å². The van der Waals surface area contributed by atoms with Gasteiger partial charge in [-0.25, -0.2) is 9.97 Å². The molecule has 30 heavy (non-hydrogen) atoms. The van der Waals surface area contributed by atoms with E-state index >= 15 is 0 Å². The Balaban J connectivity index is 1.60. The van der Waals surface area contributed by atoms with Crippen molar-refractivity contribution >= 4 is 35.0 Å². The number of rotatable bonds is 4. The third-order valence-electron chi connectivity index (χ3n) is 4.63. The molecule has 3 aromatic rings. The van der Waals surface area contributed by atoms with Crippen LogP contribution in [-0.2, 0) is 23.8 Å². The Bertz CT molecular complexity index is 1100. The molecule has 2 aromatic carbocycles. The lowest BCUT2D eigenvalue weighted by molar-refractivity contribution is -0.142. The number of aromatic nitrogens is 2. The molecule has 0 bridgehead atoms. The molecule has 4 nitrogen and oxygen atoms in total. The highest BCUT2D eigenvalue weighted by molar-refractivity contribution is 7.99. The minimum atomic E-state index is -4.60. The summed E-state index contributed by atoms with van der Waals surface area (Å²) in [6, 6.07) is 13.8. The molecule has 0 saturated carbocycles. The van der Waals surface area contributed by atoms with Gasteiger partial charge < -0.3 is 5.32 Å². The molecular weight excluding hydrogens is 435 g/mol. The van der Waals surface area contributed by atoms with Gasteiger partial charge in [0.1, 0.15) is 0 Å². The first-order valence-corrected chi connectivity index (χ1v) is 10.4. The normalized spacial score (nSPS) is 12.8. The number of aryl methyl sites for hydroxylation is 1. The fraction of sp³-hybridized carbons (Fsp3) is 0.190. The second-order valence-electron chi connectivity index (χ2n) is 6.68. The lowest BCUT2D eigenvalue weighted by atomic mass is 9.88. The van der Waals surface area contributed by atoms with Crippen LogP contribution in [0.4, 0.5) is 18.9 Å². The molecule has 0 fully saturated rings. The molecule has 1 N–H and O–H groups in total. The topological polar surface area (TPSA) is 54.9 Å². The van der Waals surface area contributed by atoms with E-state index in [4.69, 9.17) is 11.6 Å². The fourth-order valence-electron chi connectivity index (χ4n) is 3.31. The molecular formula is C21H15ClF3N3OS. The largest absolute Gasteiger partial charge is 0.433 e. The summed E-state index contributed by atoms with van der Waals surface area (Å²) in [5, 5.41) is 3.12. The van der Waals surface area contributed by atoms with Crippen molar-refractivity contribution in [3.63, 3.8) is 0 Å². The summed E-state index contributed by atoms with van der Waals surface area (Å²) in [6.45, 7) is 0. The van der Waals surface area contributed by atoms with Gasteiger partial charge in [-0.2, -0.15) is 13.2 Å². The highest BCUT2D eigenvalue weighted by Gasteiger charge is 2.38. The molecule has 1 amide bonds. The summed E-state index contributed by atoms with van der Waals surface area (Å²) >= 11 is 6.68. The van der Waals surface area contributed by atoms with Crippen molar-refractivity contribution in [3.05, 3.63) is 70.4 Å². The van der Waals surface area contributed by atoms with Gasteiger partial charge >= 0.3 is 6.18 Å². The molecule has 1 aliphatic rings. The van der Waals surface area contributed by atoms with E-state index in [-0.39, 0.29) is 28.8 Å². The first-order chi connectivity index (χ1) is 14.3. The zero-order chi connectivity index (χ0) is 21.3. The van der Waals surface area contributed by atoms with Crippen LogP contribution in [0.1, 0.15) is 16.8 Å². The van der Waals surface area contributed by atoms with Crippen LogP contribution in [0.2, 0.25) is 5.02 Å². The third-order valence-corrected chi connectivity index (χ3v) is 5.73. The van der Waals surface area contributed by atoms with Crippen LogP contribution in [0.15, 0.2) is 53.7 Å². The quantitative estimate of drug-likeness (QED) is 0.413. The van der Waals surface area contributed by atoms with Crippen LogP contribution >= 0.6 is 23.4 Å². The molecule has 0 spiro atoms. The lowest BCUT2D eigenvalue weighted by Crippen LogP contribution is -2.19. The molecule has 0 unspecified atom stereocenters. The van der Waals surface area contributed by atoms with Gasteiger partial charge in [0, 0.05) is 21.8 Å². The number of nitrogens with one attached hydrogen (secondary N) is 1. The van der Waals surface area contributed by atoms with E-state index in [1.807, 2.05) is 12.1 Å². The second-order valence-corrected chi connectivity index (χ2v) is 8.06. The van der Waals surface area contributed by atoms with Crippen LogP contribution in [0.25, 0.3) is 11.3 Å². The highest BCUT2D eigenvalue weighted by Crippen LogP contribution is 2.40. The van der Waals surface area contributed by atoms with E-state index in [9.17, 15) is 18.0 Å². The summed E-state index contributed by atoms with van der Waals surface area (Å²) in [5.41, 5.74) is 1.65. The second kappa shape index (κ2) is 8.28. The monoisotopic (exact) mass is 449 g/mol. The number of carbonyl (C=O) groups excluding carboxylic acids is 1. The van der Waals surface area contributed by atoms with Crippen molar-refractivity contribution < 1.29 is 18.0 Å². The van der Waals surface area contributed by atoms with Crippen LogP contribution in [0.3, 0.4) is 0 Å². The SMILES string of the molecule is O=C(CSc1nc2c(c(C(F)(F)F)n1)CCc1ccccc1-2)Nc1ccc(Cl)cc1. The molecule has 4 rings (SSSR count). The number of hydrogen-bond acceptors (Lipinski definition) is 4. The fourth-order valence-corrected chi connectivity index (χ4v) is 4.08. The average molecular weight is 450 g/mol. The van der Waals surface area contributed by atoms with Crippen LogP contribution < -0.4 is 5.32 Å². The Morgan fingerprint density at radius 2 is 1.80 bits per heavy atom. The van der Waals surface area contributed by atoms with Gasteiger partial charge in [0.2, 0.25) is 5.91 Å². The van der Waals surface area contributed by atoms with Gasteiger partial charge in [-0.3, -0.25) is 4.79 Å². The summed E-state index contributed by atoms with van der Waals surface area (Å²) in [4.78, 5) is 20.3. The molecule has 1 heterocycles. The van der Waals surface area contributed by atoms with E-state index in [2.05, 4.69) is 15.3 Å². The molecule has 0 aliphatic heterocycles. The Morgan fingerprint density at radius 3 is 2.53 bits per heavy atom. The smallest absolute Gasteiger partial charge is 0.325 e. The van der Waals surface area contributed by atoms with Gasteiger partial charge in [0.15, 0.2) is 10.9 Å². The summed E-state index contributed by atoms with van der Waals surface area (Å²) in [5.74, 6) is -0.502. The van der Waals surface area contributed by atoms with Crippen LogP contribution in [-0.4, -0.2) is 21.6 Å². The zero-order valence-electron chi connectivity index (χ0n) is 15.5. The van der Waals surface area contributed by atoms with Crippen molar-refractivity contribution in [2.24, 2.45) is 0 Å². The molecule has 154 valence electrons. The standard InChI is InChI=1S/C21H15ClF3N3OS/c22-13-6-8-14(9-7-13)26-17(29)11-30-20-27-18-15-4-2-1-3-12(15)5-10-16(18)19(28-20)21(23,24)25/h1-4,6-9H,5,10-11H2,(H,26,29).